The van der Waals surface area contributed by atoms with Crippen LogP contribution in [0.5, 0.6) is 0 Å². The monoisotopic (exact) mass is 333 g/mol. The third kappa shape index (κ3) is 4.47. The SMILES string of the molecule is CN=C(NCC1(c2ccc(F)cc2)CC1)N(C)CCOCC1CC1. The Morgan fingerprint density at radius 3 is 2.62 bits per heavy atom. The lowest BCUT2D eigenvalue weighted by Crippen LogP contribution is -2.43. The maximum absolute atomic E-state index is 13.1. The van der Waals surface area contributed by atoms with Crippen molar-refractivity contribution in [2.75, 3.05) is 40.4 Å². The summed E-state index contributed by atoms with van der Waals surface area (Å²) in [5.41, 5.74) is 1.34. The van der Waals surface area contributed by atoms with Crippen molar-refractivity contribution >= 4 is 5.96 Å². The molecule has 0 radical (unpaired) electrons. The standard InChI is InChI=1S/C19H28FN3O/c1-21-18(23(2)11-12-24-13-15-3-4-15)22-14-19(9-10-19)16-5-7-17(20)8-6-16/h5-8,15H,3-4,9-14H2,1-2H3,(H,21,22). The highest BCUT2D eigenvalue weighted by Gasteiger charge is 2.44. The molecule has 2 fully saturated rings. The van der Waals surface area contributed by atoms with E-state index in [1.54, 1.807) is 19.2 Å². The van der Waals surface area contributed by atoms with E-state index in [1.165, 1.54) is 18.4 Å². The van der Waals surface area contributed by atoms with Gasteiger partial charge in [-0.05, 0) is 49.3 Å². The van der Waals surface area contributed by atoms with E-state index in [2.05, 4.69) is 15.2 Å². The number of hydrogen-bond donors (Lipinski definition) is 1. The predicted octanol–water partition coefficient (Wildman–Crippen LogP) is 2.79. The first-order valence-corrected chi connectivity index (χ1v) is 8.88. The van der Waals surface area contributed by atoms with Crippen LogP contribution in [-0.4, -0.2) is 51.3 Å². The molecule has 0 aromatic heterocycles. The molecule has 0 saturated heterocycles. The molecule has 0 unspecified atom stereocenters. The summed E-state index contributed by atoms with van der Waals surface area (Å²) >= 11 is 0. The van der Waals surface area contributed by atoms with Gasteiger partial charge in [0.15, 0.2) is 5.96 Å². The number of nitrogens with zero attached hydrogens (tertiary/aromatic N) is 2. The van der Waals surface area contributed by atoms with E-state index in [9.17, 15) is 4.39 Å². The number of aliphatic imine (C=N–C) groups is 1. The Morgan fingerprint density at radius 1 is 1.33 bits per heavy atom. The molecule has 24 heavy (non-hydrogen) atoms. The van der Waals surface area contributed by atoms with Crippen LogP contribution in [0, 0.1) is 11.7 Å². The molecule has 2 aliphatic rings. The zero-order valence-electron chi connectivity index (χ0n) is 14.7. The minimum Gasteiger partial charge on any atom is -0.379 e. The minimum atomic E-state index is -0.177. The molecule has 4 nitrogen and oxygen atoms in total. The fourth-order valence-electron chi connectivity index (χ4n) is 3.00. The predicted molar refractivity (Wildman–Crippen MR) is 94.8 cm³/mol. The fraction of sp³-hybridized carbons (Fsp3) is 0.632. The van der Waals surface area contributed by atoms with Crippen molar-refractivity contribution in [3.05, 3.63) is 35.6 Å². The third-order valence-corrected chi connectivity index (χ3v) is 5.09. The van der Waals surface area contributed by atoms with Crippen molar-refractivity contribution in [3.63, 3.8) is 0 Å². The molecule has 1 aromatic carbocycles. The fourth-order valence-corrected chi connectivity index (χ4v) is 3.00. The van der Waals surface area contributed by atoms with Crippen LogP contribution < -0.4 is 5.32 Å². The van der Waals surface area contributed by atoms with E-state index in [4.69, 9.17) is 4.74 Å². The molecule has 132 valence electrons. The van der Waals surface area contributed by atoms with Crippen LogP contribution in [0.1, 0.15) is 31.2 Å². The lowest BCUT2D eigenvalue weighted by molar-refractivity contribution is 0.115. The average molecular weight is 333 g/mol. The highest BCUT2D eigenvalue weighted by atomic mass is 19.1. The van der Waals surface area contributed by atoms with Gasteiger partial charge in [-0.25, -0.2) is 4.39 Å². The zero-order valence-corrected chi connectivity index (χ0v) is 14.7. The average Bonchev–Trinajstić information content (AvgIpc) is 3.48. The number of guanidine groups is 1. The molecule has 0 heterocycles. The van der Waals surface area contributed by atoms with Gasteiger partial charge in [-0.3, -0.25) is 4.99 Å². The van der Waals surface area contributed by atoms with Gasteiger partial charge in [0.25, 0.3) is 0 Å². The second kappa shape index (κ2) is 7.51. The van der Waals surface area contributed by atoms with Crippen molar-refractivity contribution < 1.29 is 9.13 Å². The summed E-state index contributed by atoms with van der Waals surface area (Å²) in [6.07, 6.45) is 4.92. The lowest BCUT2D eigenvalue weighted by Gasteiger charge is -2.25. The Labute approximate surface area is 144 Å². The summed E-state index contributed by atoms with van der Waals surface area (Å²) in [5, 5.41) is 3.47. The van der Waals surface area contributed by atoms with Crippen LogP contribution in [0.4, 0.5) is 4.39 Å². The Bertz CT molecular complexity index is 564. The van der Waals surface area contributed by atoms with Gasteiger partial charge in [-0.15, -0.1) is 0 Å². The molecular formula is C19H28FN3O. The zero-order chi connectivity index (χ0) is 17.0. The normalized spacial score (nSPS) is 19.2. The van der Waals surface area contributed by atoms with E-state index in [0.29, 0.717) is 0 Å². The summed E-state index contributed by atoms with van der Waals surface area (Å²) < 4.78 is 18.8. The highest BCUT2D eigenvalue weighted by Crippen LogP contribution is 2.47. The summed E-state index contributed by atoms with van der Waals surface area (Å²) in [4.78, 5) is 6.47. The Morgan fingerprint density at radius 2 is 2.04 bits per heavy atom. The van der Waals surface area contributed by atoms with E-state index >= 15 is 0 Å². The van der Waals surface area contributed by atoms with Crippen LogP contribution in [0.25, 0.3) is 0 Å². The molecule has 0 spiro atoms. The number of likely N-dealkylation sites (N-methyl/N-ethyl adjacent to an activating group) is 1. The van der Waals surface area contributed by atoms with Crippen molar-refractivity contribution in [2.45, 2.75) is 31.1 Å². The molecule has 0 atom stereocenters. The minimum absolute atomic E-state index is 0.132. The highest BCUT2D eigenvalue weighted by molar-refractivity contribution is 5.79. The summed E-state index contributed by atoms with van der Waals surface area (Å²) in [6.45, 7) is 3.29. The number of benzene rings is 1. The smallest absolute Gasteiger partial charge is 0.193 e. The first kappa shape index (κ1) is 17.2. The summed E-state index contributed by atoms with van der Waals surface area (Å²) in [7, 11) is 3.84. The number of ether oxygens (including phenoxy) is 1. The summed E-state index contributed by atoms with van der Waals surface area (Å²) in [5.74, 6) is 1.51. The quantitative estimate of drug-likeness (QED) is 0.451. The van der Waals surface area contributed by atoms with E-state index < -0.39 is 0 Å². The number of hydrogen-bond acceptors (Lipinski definition) is 2. The van der Waals surface area contributed by atoms with Gasteiger partial charge in [-0.2, -0.15) is 0 Å². The molecule has 3 rings (SSSR count). The second-order valence-electron chi connectivity index (χ2n) is 7.13. The third-order valence-electron chi connectivity index (χ3n) is 5.09. The Balaban J connectivity index is 1.45. The number of rotatable bonds is 8. The molecule has 1 aromatic rings. The van der Waals surface area contributed by atoms with Gasteiger partial charge in [0.05, 0.1) is 6.61 Å². The molecule has 1 N–H and O–H groups in total. The van der Waals surface area contributed by atoms with Gasteiger partial charge in [0.1, 0.15) is 5.82 Å². The van der Waals surface area contributed by atoms with Gasteiger partial charge in [0.2, 0.25) is 0 Å². The van der Waals surface area contributed by atoms with Gasteiger partial charge in [-0.1, -0.05) is 12.1 Å². The first-order valence-electron chi connectivity index (χ1n) is 8.88. The molecule has 0 aliphatic heterocycles. The second-order valence-corrected chi connectivity index (χ2v) is 7.13. The molecule has 5 heteroatoms. The van der Waals surface area contributed by atoms with Crippen molar-refractivity contribution in [1.29, 1.82) is 0 Å². The van der Waals surface area contributed by atoms with E-state index in [0.717, 1.165) is 51.0 Å². The Kier molecular flexibility index (Phi) is 5.39. The maximum Gasteiger partial charge on any atom is 0.193 e. The first-order chi connectivity index (χ1) is 11.6. The van der Waals surface area contributed by atoms with E-state index in [1.807, 2.05) is 19.2 Å². The van der Waals surface area contributed by atoms with Gasteiger partial charge >= 0.3 is 0 Å². The van der Waals surface area contributed by atoms with Gasteiger partial charge in [0, 0.05) is 39.2 Å². The lowest BCUT2D eigenvalue weighted by atomic mass is 9.96. The topological polar surface area (TPSA) is 36.9 Å². The van der Waals surface area contributed by atoms with Crippen molar-refractivity contribution in [2.24, 2.45) is 10.9 Å². The van der Waals surface area contributed by atoms with Gasteiger partial charge < -0.3 is 15.0 Å². The van der Waals surface area contributed by atoms with Crippen LogP contribution in [-0.2, 0) is 10.2 Å². The van der Waals surface area contributed by atoms with Crippen LogP contribution >= 0.6 is 0 Å². The van der Waals surface area contributed by atoms with E-state index in [-0.39, 0.29) is 11.2 Å². The van der Waals surface area contributed by atoms with Crippen molar-refractivity contribution in [1.82, 2.24) is 10.2 Å². The molecule has 2 aliphatic carbocycles. The summed E-state index contributed by atoms with van der Waals surface area (Å²) in [6, 6.07) is 6.91. The number of nitrogens with one attached hydrogen (secondary N) is 1. The maximum atomic E-state index is 13.1. The van der Waals surface area contributed by atoms with Crippen LogP contribution in [0.15, 0.2) is 29.3 Å². The Hall–Kier alpha value is -1.62. The molecule has 0 amide bonds. The van der Waals surface area contributed by atoms with Crippen LogP contribution in [0.2, 0.25) is 0 Å². The molecule has 0 bridgehead atoms. The number of halogens is 1. The molecule has 2 saturated carbocycles. The van der Waals surface area contributed by atoms with Crippen molar-refractivity contribution in [3.8, 4) is 0 Å². The molecular weight excluding hydrogens is 305 g/mol. The van der Waals surface area contributed by atoms with Crippen LogP contribution in [0.3, 0.4) is 0 Å². The largest absolute Gasteiger partial charge is 0.379 e.